The number of ether oxygens (including phenoxy) is 1. The number of nitrogens with zero attached hydrogens (tertiary/aromatic N) is 1. The number of rotatable bonds is 2. The van der Waals surface area contributed by atoms with Crippen molar-refractivity contribution < 1.29 is 19.4 Å². The van der Waals surface area contributed by atoms with Crippen LogP contribution in [0.3, 0.4) is 0 Å². The van der Waals surface area contributed by atoms with Gasteiger partial charge in [-0.15, -0.1) is 0 Å². The third-order valence-electron chi connectivity index (χ3n) is 4.85. The Balaban J connectivity index is 1.93. The molecule has 1 N–H and O–H groups in total. The Morgan fingerprint density at radius 1 is 1.26 bits per heavy atom. The van der Waals surface area contributed by atoms with Crippen LogP contribution in [0, 0.1) is 5.92 Å². The average molecular weight is 267 g/mol. The Labute approximate surface area is 112 Å². The first-order chi connectivity index (χ1) is 9.07. The van der Waals surface area contributed by atoms with Crippen LogP contribution in [0.15, 0.2) is 0 Å². The molecule has 2 aliphatic heterocycles. The molecule has 0 aromatic rings. The fraction of sp³-hybridized carbons (Fsp3) is 0.857. The second-order valence-corrected chi connectivity index (χ2v) is 6.29. The standard InChI is InChI=1S/C14H21NO4/c1-9-3-2-6-14(7-9,8-16)15-12(17)10-4-5-11(19-10)13(15)18/h9-11,16H,2-8H2,1H3. The highest BCUT2D eigenvalue weighted by Crippen LogP contribution is 2.41. The Bertz CT molecular complexity index is 388. The number of imide groups is 1. The highest BCUT2D eigenvalue weighted by atomic mass is 16.5. The molecule has 2 saturated heterocycles. The zero-order valence-corrected chi connectivity index (χ0v) is 11.3. The molecule has 0 radical (unpaired) electrons. The van der Waals surface area contributed by atoms with E-state index in [2.05, 4.69) is 6.92 Å². The highest BCUT2D eigenvalue weighted by Gasteiger charge is 2.54. The van der Waals surface area contributed by atoms with Crippen LogP contribution in [0.1, 0.15) is 45.4 Å². The molecule has 0 aromatic heterocycles. The van der Waals surface area contributed by atoms with Crippen LogP contribution < -0.4 is 0 Å². The second-order valence-electron chi connectivity index (χ2n) is 6.29. The van der Waals surface area contributed by atoms with Crippen LogP contribution in [-0.2, 0) is 14.3 Å². The monoisotopic (exact) mass is 267 g/mol. The topological polar surface area (TPSA) is 66.8 Å². The Morgan fingerprint density at radius 3 is 2.42 bits per heavy atom. The summed E-state index contributed by atoms with van der Waals surface area (Å²) >= 11 is 0. The van der Waals surface area contributed by atoms with Gasteiger partial charge in [0.05, 0.1) is 12.1 Å². The van der Waals surface area contributed by atoms with E-state index in [-0.39, 0.29) is 18.4 Å². The summed E-state index contributed by atoms with van der Waals surface area (Å²) in [4.78, 5) is 26.2. The number of aliphatic hydroxyl groups excluding tert-OH is 1. The van der Waals surface area contributed by atoms with Crippen LogP contribution in [0.2, 0.25) is 0 Å². The molecule has 2 heterocycles. The molecule has 2 bridgehead atoms. The van der Waals surface area contributed by atoms with E-state index in [1.807, 2.05) is 0 Å². The van der Waals surface area contributed by atoms with Crippen molar-refractivity contribution in [3.05, 3.63) is 0 Å². The van der Waals surface area contributed by atoms with Crippen molar-refractivity contribution in [2.75, 3.05) is 6.61 Å². The van der Waals surface area contributed by atoms with Crippen LogP contribution in [0.4, 0.5) is 0 Å². The molecule has 1 saturated carbocycles. The molecule has 1 aliphatic carbocycles. The van der Waals surface area contributed by atoms with E-state index in [1.54, 1.807) is 0 Å². The Kier molecular flexibility index (Phi) is 3.14. The molecule has 3 fully saturated rings. The minimum atomic E-state index is -0.684. The summed E-state index contributed by atoms with van der Waals surface area (Å²) < 4.78 is 5.44. The first-order valence-corrected chi connectivity index (χ1v) is 7.22. The van der Waals surface area contributed by atoms with Gasteiger partial charge in [0.2, 0.25) is 0 Å². The van der Waals surface area contributed by atoms with Crippen molar-refractivity contribution in [3.63, 3.8) is 0 Å². The molecule has 5 heteroatoms. The first kappa shape index (κ1) is 13.1. The van der Waals surface area contributed by atoms with Gasteiger partial charge in [-0.1, -0.05) is 19.8 Å². The number of morpholine rings is 1. The van der Waals surface area contributed by atoms with E-state index in [1.165, 1.54) is 4.90 Å². The number of hydrogen-bond acceptors (Lipinski definition) is 4. The van der Waals surface area contributed by atoms with Crippen LogP contribution in [-0.4, -0.2) is 46.2 Å². The number of amides is 2. The number of likely N-dealkylation sites (tertiary alicyclic amines) is 1. The number of fused-ring (bicyclic) bond motifs is 2. The normalized spacial score (nSPS) is 42.8. The summed E-state index contributed by atoms with van der Waals surface area (Å²) in [5.41, 5.74) is -0.684. The van der Waals surface area contributed by atoms with E-state index in [4.69, 9.17) is 4.74 Å². The maximum Gasteiger partial charge on any atom is 0.259 e. The Hall–Kier alpha value is -0.940. The number of hydrogen-bond donors (Lipinski definition) is 1. The van der Waals surface area contributed by atoms with E-state index >= 15 is 0 Å². The van der Waals surface area contributed by atoms with Gasteiger partial charge < -0.3 is 9.84 Å². The lowest BCUT2D eigenvalue weighted by Gasteiger charge is -2.48. The van der Waals surface area contributed by atoms with Gasteiger partial charge in [-0.3, -0.25) is 14.5 Å². The third kappa shape index (κ3) is 1.91. The SMILES string of the molecule is CC1CCCC(CO)(N2C(=O)C3CCC(O3)C2=O)C1. The molecule has 2 amide bonds. The van der Waals surface area contributed by atoms with Crippen LogP contribution in [0.5, 0.6) is 0 Å². The molecule has 0 aromatic carbocycles. The molecule has 4 atom stereocenters. The van der Waals surface area contributed by atoms with Gasteiger partial charge in [-0.2, -0.15) is 0 Å². The maximum atomic E-state index is 12.4. The zero-order chi connectivity index (χ0) is 13.6. The summed E-state index contributed by atoms with van der Waals surface area (Å²) in [6.45, 7) is 1.99. The molecular weight excluding hydrogens is 246 g/mol. The van der Waals surface area contributed by atoms with Crippen molar-refractivity contribution in [1.82, 2.24) is 4.90 Å². The van der Waals surface area contributed by atoms with E-state index in [9.17, 15) is 14.7 Å². The van der Waals surface area contributed by atoms with Gasteiger partial charge in [-0.05, 0) is 31.6 Å². The lowest BCUT2D eigenvalue weighted by molar-refractivity contribution is -0.181. The lowest BCUT2D eigenvalue weighted by atomic mass is 9.75. The smallest absolute Gasteiger partial charge is 0.259 e. The Morgan fingerprint density at radius 2 is 1.89 bits per heavy atom. The van der Waals surface area contributed by atoms with Gasteiger partial charge in [0.15, 0.2) is 0 Å². The molecule has 4 unspecified atom stereocenters. The van der Waals surface area contributed by atoms with Gasteiger partial charge in [0, 0.05) is 0 Å². The number of carbonyl (C=O) groups excluding carboxylic acids is 2. The summed E-state index contributed by atoms with van der Waals surface area (Å²) in [5.74, 6) is -0.0363. The zero-order valence-electron chi connectivity index (χ0n) is 11.3. The molecule has 3 rings (SSSR count). The van der Waals surface area contributed by atoms with Gasteiger partial charge in [-0.25, -0.2) is 0 Å². The summed E-state index contributed by atoms with van der Waals surface area (Å²) in [5, 5.41) is 9.85. The quantitative estimate of drug-likeness (QED) is 0.753. The summed E-state index contributed by atoms with van der Waals surface area (Å²) in [7, 11) is 0. The molecule has 0 spiro atoms. The van der Waals surface area contributed by atoms with Crippen molar-refractivity contribution in [2.24, 2.45) is 5.92 Å². The molecule has 19 heavy (non-hydrogen) atoms. The van der Waals surface area contributed by atoms with Crippen LogP contribution >= 0.6 is 0 Å². The van der Waals surface area contributed by atoms with Crippen molar-refractivity contribution in [2.45, 2.75) is 63.2 Å². The second kappa shape index (κ2) is 4.56. The predicted molar refractivity (Wildman–Crippen MR) is 67.2 cm³/mol. The maximum absolute atomic E-state index is 12.4. The van der Waals surface area contributed by atoms with E-state index in [0.29, 0.717) is 31.6 Å². The predicted octanol–water partition coefficient (Wildman–Crippen LogP) is 0.844. The van der Waals surface area contributed by atoms with Crippen LogP contribution in [0.25, 0.3) is 0 Å². The molecule has 5 nitrogen and oxygen atoms in total. The molecular formula is C14H21NO4. The van der Waals surface area contributed by atoms with Crippen molar-refractivity contribution >= 4 is 11.8 Å². The molecule has 3 aliphatic rings. The van der Waals surface area contributed by atoms with Gasteiger partial charge >= 0.3 is 0 Å². The summed E-state index contributed by atoms with van der Waals surface area (Å²) in [6, 6.07) is 0. The summed E-state index contributed by atoms with van der Waals surface area (Å²) in [6.07, 6.45) is 3.79. The van der Waals surface area contributed by atoms with Crippen molar-refractivity contribution in [1.29, 1.82) is 0 Å². The largest absolute Gasteiger partial charge is 0.394 e. The number of carbonyl (C=O) groups is 2. The molecule has 106 valence electrons. The number of aliphatic hydroxyl groups is 1. The minimum absolute atomic E-state index is 0.131. The fourth-order valence-electron chi connectivity index (χ4n) is 3.91. The average Bonchev–Trinajstić information content (AvgIpc) is 2.83. The first-order valence-electron chi connectivity index (χ1n) is 7.22. The lowest BCUT2D eigenvalue weighted by Crippen LogP contribution is -2.64. The van der Waals surface area contributed by atoms with Gasteiger partial charge in [0.1, 0.15) is 12.2 Å². The van der Waals surface area contributed by atoms with Crippen molar-refractivity contribution in [3.8, 4) is 0 Å². The minimum Gasteiger partial charge on any atom is -0.394 e. The highest BCUT2D eigenvalue weighted by molar-refractivity contribution is 6.03. The van der Waals surface area contributed by atoms with Gasteiger partial charge in [0.25, 0.3) is 11.8 Å². The van der Waals surface area contributed by atoms with E-state index in [0.717, 1.165) is 12.8 Å². The third-order valence-corrected chi connectivity index (χ3v) is 4.85. The van der Waals surface area contributed by atoms with E-state index < -0.39 is 17.7 Å². The fourth-order valence-corrected chi connectivity index (χ4v) is 3.91.